The van der Waals surface area contributed by atoms with Crippen molar-refractivity contribution in [1.29, 1.82) is 0 Å². The van der Waals surface area contributed by atoms with E-state index < -0.39 is 16.1 Å². The second-order valence-corrected chi connectivity index (χ2v) is 10.4. The zero-order valence-electron chi connectivity index (χ0n) is 17.9. The number of anilines is 1. The monoisotopic (exact) mass is 463 g/mol. The van der Waals surface area contributed by atoms with Crippen LogP contribution in [-0.4, -0.2) is 47.9 Å². The molecule has 1 fully saturated rings. The summed E-state index contributed by atoms with van der Waals surface area (Å²) in [5.74, 6) is 1.16. The Hall–Kier alpha value is -2.14. The molecule has 0 bridgehead atoms. The molecule has 0 unspecified atom stereocenters. The molecule has 0 saturated heterocycles. The van der Waals surface area contributed by atoms with Crippen LogP contribution < -0.4 is 15.8 Å². The first-order chi connectivity index (χ1) is 14.7. The fourth-order valence-electron chi connectivity index (χ4n) is 3.25. The van der Waals surface area contributed by atoms with Gasteiger partial charge in [-0.25, -0.2) is 23.1 Å². The molecule has 1 heterocycles. The van der Waals surface area contributed by atoms with Gasteiger partial charge in [0.2, 0.25) is 10.0 Å². The molecule has 1 aromatic carbocycles. The number of sulfonamides is 1. The van der Waals surface area contributed by atoms with Crippen molar-refractivity contribution in [3.8, 4) is 11.3 Å². The van der Waals surface area contributed by atoms with Gasteiger partial charge >= 0.3 is 0 Å². The van der Waals surface area contributed by atoms with Crippen molar-refractivity contribution in [2.45, 2.75) is 50.7 Å². The molecule has 168 valence electrons. The van der Waals surface area contributed by atoms with Crippen molar-refractivity contribution in [2.75, 3.05) is 18.0 Å². The van der Waals surface area contributed by atoms with Gasteiger partial charge in [-0.3, -0.25) is 0 Å². The minimum absolute atomic E-state index is 0.154. The van der Waals surface area contributed by atoms with Crippen molar-refractivity contribution >= 4 is 32.5 Å². The van der Waals surface area contributed by atoms with Gasteiger partial charge in [0.15, 0.2) is 5.82 Å². The number of hydrogen-bond donors (Lipinski definition) is 4. The van der Waals surface area contributed by atoms with Gasteiger partial charge in [0.25, 0.3) is 0 Å². The van der Waals surface area contributed by atoms with Crippen LogP contribution in [0.15, 0.2) is 35.5 Å². The van der Waals surface area contributed by atoms with Crippen LogP contribution >= 0.6 is 11.8 Å². The fraction of sp³-hybridized carbons (Fsp3) is 0.429. The van der Waals surface area contributed by atoms with Gasteiger partial charge in [0, 0.05) is 24.4 Å². The predicted octanol–water partition coefficient (Wildman–Crippen LogP) is 2.50. The average molecular weight is 464 g/mol. The Morgan fingerprint density at radius 3 is 2.74 bits per heavy atom. The minimum Gasteiger partial charge on any atom is -0.393 e. The van der Waals surface area contributed by atoms with Crippen molar-refractivity contribution in [3.63, 3.8) is 0 Å². The third-order valence-electron chi connectivity index (χ3n) is 5.00. The smallest absolute Gasteiger partial charge is 0.240 e. The van der Waals surface area contributed by atoms with E-state index in [4.69, 9.17) is 10.7 Å². The summed E-state index contributed by atoms with van der Waals surface area (Å²) in [6.45, 7) is 6.72. The highest BCUT2D eigenvalue weighted by atomic mass is 32.2. The lowest BCUT2D eigenvalue weighted by Crippen LogP contribution is -2.46. The molecule has 0 radical (unpaired) electrons. The van der Waals surface area contributed by atoms with E-state index in [1.54, 1.807) is 36.2 Å². The Balaban J connectivity index is 1.98. The number of nitrogens with one attached hydrogen (secondary N) is 2. The zero-order chi connectivity index (χ0) is 22.6. The second kappa shape index (κ2) is 9.99. The molecule has 1 saturated carbocycles. The highest BCUT2D eigenvalue weighted by molar-refractivity contribution is 8.08. The van der Waals surface area contributed by atoms with Crippen molar-refractivity contribution < 1.29 is 13.5 Å². The number of aliphatic hydroxyl groups is 1. The summed E-state index contributed by atoms with van der Waals surface area (Å²) < 4.78 is 28.3. The number of aromatic nitrogens is 2. The maximum Gasteiger partial charge on any atom is 0.240 e. The number of rotatable bonds is 9. The third kappa shape index (κ3) is 5.57. The maximum atomic E-state index is 12.8. The number of nitrogens with two attached hydrogens (primary N) is 1. The molecule has 10 heteroatoms. The zero-order valence-corrected chi connectivity index (χ0v) is 19.6. The van der Waals surface area contributed by atoms with Crippen LogP contribution in [0, 0.1) is 6.92 Å². The van der Waals surface area contributed by atoms with E-state index in [9.17, 15) is 13.5 Å². The number of aryl methyl sites for hydroxylation is 1. The highest BCUT2D eigenvalue weighted by Gasteiger charge is 2.31. The highest BCUT2D eigenvalue weighted by Crippen LogP contribution is 2.32. The minimum atomic E-state index is -3.71. The molecule has 1 aliphatic rings. The first kappa shape index (κ1) is 23.5. The van der Waals surface area contributed by atoms with Gasteiger partial charge in [-0.15, -0.1) is 11.8 Å². The summed E-state index contributed by atoms with van der Waals surface area (Å²) in [7, 11) is -3.71. The molecule has 0 amide bonds. The Morgan fingerprint density at radius 1 is 1.35 bits per heavy atom. The van der Waals surface area contributed by atoms with Crippen LogP contribution in [0.25, 0.3) is 16.2 Å². The molecular formula is C21H29N5O3S2. The maximum absolute atomic E-state index is 12.8. The van der Waals surface area contributed by atoms with E-state index in [0.29, 0.717) is 35.6 Å². The first-order valence-corrected chi connectivity index (χ1v) is 12.7. The van der Waals surface area contributed by atoms with E-state index in [-0.39, 0.29) is 10.9 Å². The van der Waals surface area contributed by atoms with Crippen molar-refractivity contribution in [1.82, 2.24) is 20.0 Å². The summed E-state index contributed by atoms with van der Waals surface area (Å²) in [6, 6.07) is 4.70. The van der Waals surface area contributed by atoms with E-state index >= 15 is 0 Å². The van der Waals surface area contributed by atoms with Gasteiger partial charge in [-0.2, -0.15) is 0 Å². The van der Waals surface area contributed by atoms with Crippen LogP contribution in [-0.2, 0) is 10.0 Å². The standard InChI is InChI=1S/C21H29N5O3S2/c1-4-23-12-19(30-5-2)20-21(22)24-11-18(25-20)17-10-16(7-6-13(17)3)31(28,29)26-14-8-15(27)9-14/h6-7,10-12,14-15,23,26-27H,4-5,8-9H2,1-3H3,(H2,22,24)/b19-12-. The van der Waals surface area contributed by atoms with E-state index in [2.05, 4.69) is 15.0 Å². The fourth-order valence-corrected chi connectivity index (χ4v) is 5.31. The van der Waals surface area contributed by atoms with Gasteiger partial charge in [-0.05, 0) is 50.1 Å². The normalized spacial score (nSPS) is 19.2. The van der Waals surface area contributed by atoms with E-state index in [0.717, 1.165) is 22.8 Å². The Bertz CT molecular complexity index is 1070. The van der Waals surface area contributed by atoms with Crippen molar-refractivity contribution in [2.24, 2.45) is 0 Å². The predicted molar refractivity (Wildman–Crippen MR) is 126 cm³/mol. The molecular weight excluding hydrogens is 434 g/mol. The molecule has 0 atom stereocenters. The number of nitrogens with zero attached hydrogens (tertiary/aromatic N) is 2. The lowest BCUT2D eigenvalue weighted by Gasteiger charge is -2.31. The molecule has 3 rings (SSSR count). The average Bonchev–Trinajstić information content (AvgIpc) is 2.71. The van der Waals surface area contributed by atoms with Gasteiger partial charge < -0.3 is 16.2 Å². The molecule has 5 N–H and O–H groups in total. The van der Waals surface area contributed by atoms with Crippen LogP contribution in [0.4, 0.5) is 5.82 Å². The summed E-state index contributed by atoms with van der Waals surface area (Å²) in [6.07, 6.45) is 3.87. The lowest BCUT2D eigenvalue weighted by molar-refractivity contribution is 0.0712. The van der Waals surface area contributed by atoms with Crippen LogP contribution in [0.3, 0.4) is 0 Å². The number of aliphatic hydroxyl groups excluding tert-OH is 1. The van der Waals surface area contributed by atoms with Gasteiger partial charge in [-0.1, -0.05) is 13.0 Å². The Labute approximate surface area is 187 Å². The lowest BCUT2D eigenvalue weighted by atomic mass is 9.91. The number of thioether (sulfide) groups is 1. The molecule has 1 aliphatic carbocycles. The Kier molecular flexibility index (Phi) is 7.58. The summed E-state index contributed by atoms with van der Waals surface area (Å²) >= 11 is 1.60. The first-order valence-electron chi connectivity index (χ1n) is 10.3. The topological polar surface area (TPSA) is 130 Å². The van der Waals surface area contributed by atoms with E-state index in [1.165, 1.54) is 0 Å². The van der Waals surface area contributed by atoms with Crippen LogP contribution in [0.1, 0.15) is 37.9 Å². The molecule has 2 aromatic rings. The molecule has 0 aliphatic heterocycles. The van der Waals surface area contributed by atoms with Crippen LogP contribution in [0.5, 0.6) is 0 Å². The van der Waals surface area contributed by atoms with Gasteiger partial charge in [0.05, 0.1) is 27.8 Å². The number of benzene rings is 1. The summed E-state index contributed by atoms with van der Waals surface area (Å²) in [5.41, 5.74) is 8.79. The summed E-state index contributed by atoms with van der Waals surface area (Å²) in [4.78, 5) is 10.1. The largest absolute Gasteiger partial charge is 0.393 e. The quantitative estimate of drug-likeness (QED) is 0.446. The third-order valence-corrected chi connectivity index (χ3v) is 7.43. The molecule has 8 nitrogen and oxygen atoms in total. The molecule has 0 spiro atoms. The number of nitrogen functional groups attached to an aromatic ring is 1. The van der Waals surface area contributed by atoms with Gasteiger partial charge in [0.1, 0.15) is 5.69 Å². The number of hydrogen-bond acceptors (Lipinski definition) is 8. The molecule has 31 heavy (non-hydrogen) atoms. The van der Waals surface area contributed by atoms with Crippen LogP contribution in [0.2, 0.25) is 0 Å². The van der Waals surface area contributed by atoms with Crippen molar-refractivity contribution in [3.05, 3.63) is 41.9 Å². The Morgan fingerprint density at radius 2 is 2.10 bits per heavy atom. The SMILES string of the molecule is CCN/C=C(\SCC)c1nc(-c2cc(S(=O)(=O)NC3CC(O)C3)ccc2C)cnc1N. The second-order valence-electron chi connectivity index (χ2n) is 7.41. The van der Waals surface area contributed by atoms with E-state index in [1.807, 2.05) is 27.0 Å². The summed E-state index contributed by atoms with van der Waals surface area (Å²) in [5, 5.41) is 12.6. The molecule has 1 aromatic heterocycles.